The predicted molar refractivity (Wildman–Crippen MR) is 103 cm³/mol. The lowest BCUT2D eigenvalue weighted by molar-refractivity contribution is 0.262. The molecule has 10 nitrogen and oxygen atoms in total. The first-order valence-corrected chi connectivity index (χ1v) is 8.26. The normalized spacial score (nSPS) is 10.3. The summed E-state index contributed by atoms with van der Waals surface area (Å²) in [4.78, 5) is 24.8. The van der Waals surface area contributed by atoms with Crippen molar-refractivity contribution in [3.63, 3.8) is 0 Å². The number of nitrogens with one attached hydrogen (secondary N) is 2. The van der Waals surface area contributed by atoms with E-state index in [0.717, 1.165) is 5.82 Å². The number of carbonyl (C=O) groups excluding carboxylic acids is 1. The van der Waals surface area contributed by atoms with E-state index >= 15 is 0 Å². The second-order valence-corrected chi connectivity index (χ2v) is 5.60. The van der Waals surface area contributed by atoms with E-state index in [1.54, 1.807) is 35.2 Å². The first-order valence-electron chi connectivity index (χ1n) is 8.26. The highest BCUT2D eigenvalue weighted by atomic mass is 16.5. The molecule has 28 heavy (non-hydrogen) atoms. The molecule has 0 fully saturated rings. The van der Waals surface area contributed by atoms with Crippen LogP contribution in [0.1, 0.15) is 5.82 Å². The maximum absolute atomic E-state index is 12.4. The minimum atomic E-state index is -0.485. The molecule has 1 aromatic carbocycles. The second-order valence-electron chi connectivity index (χ2n) is 5.60. The fourth-order valence-electron chi connectivity index (χ4n) is 2.60. The number of hydrogen-bond donors (Lipinski definition) is 2. The van der Waals surface area contributed by atoms with Crippen LogP contribution in [-0.2, 0) is 0 Å². The third-order valence-electron chi connectivity index (χ3n) is 3.89. The van der Waals surface area contributed by atoms with Crippen molar-refractivity contribution in [2.45, 2.75) is 6.92 Å². The molecule has 0 unspecified atom stereocenters. The molecule has 0 aliphatic rings. The number of urea groups is 1. The van der Waals surface area contributed by atoms with Gasteiger partial charge in [0.05, 0.1) is 27.0 Å². The first kappa shape index (κ1) is 19.0. The zero-order valence-corrected chi connectivity index (χ0v) is 15.9. The Labute approximate surface area is 161 Å². The van der Waals surface area contributed by atoms with Gasteiger partial charge in [-0.15, -0.1) is 0 Å². The van der Waals surface area contributed by atoms with Gasteiger partial charge in [0.1, 0.15) is 23.8 Å². The molecule has 2 N–H and O–H groups in total. The third kappa shape index (κ3) is 3.95. The zero-order valence-electron chi connectivity index (χ0n) is 15.9. The van der Waals surface area contributed by atoms with Gasteiger partial charge in [-0.2, -0.15) is 0 Å². The topological polar surface area (TPSA) is 112 Å². The molecule has 2 amide bonds. The standard InChI is InChI=1S/C18H20N6O4/c1-11-19-5-6-24(11)16-9-15(20-10-21-16)23-18(25)22-12-7-13(26-2)17(28-4)14(8-12)27-3/h5-10H,1-4H3,(H2,20,21,22,23,25). The van der Waals surface area contributed by atoms with Crippen LogP contribution in [0.4, 0.5) is 16.3 Å². The maximum Gasteiger partial charge on any atom is 0.324 e. The zero-order chi connectivity index (χ0) is 20.1. The lowest BCUT2D eigenvalue weighted by atomic mass is 10.2. The quantitative estimate of drug-likeness (QED) is 0.672. The number of anilines is 2. The number of carbonyl (C=O) groups is 1. The van der Waals surface area contributed by atoms with Gasteiger partial charge < -0.3 is 19.5 Å². The molecule has 0 saturated heterocycles. The molecule has 0 bridgehead atoms. The van der Waals surface area contributed by atoms with E-state index in [9.17, 15) is 4.79 Å². The van der Waals surface area contributed by atoms with Crippen LogP contribution in [0.2, 0.25) is 0 Å². The van der Waals surface area contributed by atoms with Crippen molar-refractivity contribution in [2.24, 2.45) is 0 Å². The Bertz CT molecular complexity index is 963. The van der Waals surface area contributed by atoms with Crippen LogP contribution in [0, 0.1) is 6.92 Å². The van der Waals surface area contributed by atoms with Gasteiger partial charge in [-0.3, -0.25) is 9.88 Å². The number of methoxy groups -OCH3 is 3. The lowest BCUT2D eigenvalue weighted by Gasteiger charge is -2.15. The summed E-state index contributed by atoms with van der Waals surface area (Å²) in [5.41, 5.74) is 0.465. The number of amides is 2. The number of imidazole rings is 1. The molecule has 0 radical (unpaired) electrons. The number of ether oxygens (including phenoxy) is 3. The number of nitrogens with zero attached hydrogens (tertiary/aromatic N) is 4. The van der Waals surface area contributed by atoms with Gasteiger partial charge in [0.15, 0.2) is 11.5 Å². The van der Waals surface area contributed by atoms with Gasteiger partial charge in [-0.05, 0) is 6.92 Å². The number of benzene rings is 1. The summed E-state index contributed by atoms with van der Waals surface area (Å²) >= 11 is 0. The van der Waals surface area contributed by atoms with E-state index in [1.807, 2.05) is 6.92 Å². The van der Waals surface area contributed by atoms with E-state index in [4.69, 9.17) is 14.2 Å². The van der Waals surface area contributed by atoms with Crippen molar-refractivity contribution in [3.05, 3.63) is 42.7 Å². The smallest absolute Gasteiger partial charge is 0.324 e. The minimum absolute atomic E-state index is 0.336. The molecular weight excluding hydrogens is 364 g/mol. The highest BCUT2D eigenvalue weighted by molar-refractivity contribution is 5.99. The maximum atomic E-state index is 12.4. The van der Waals surface area contributed by atoms with Crippen LogP contribution in [-0.4, -0.2) is 46.9 Å². The Balaban J connectivity index is 1.77. The van der Waals surface area contributed by atoms with Crippen molar-refractivity contribution in [1.82, 2.24) is 19.5 Å². The van der Waals surface area contributed by atoms with Crippen LogP contribution >= 0.6 is 0 Å². The van der Waals surface area contributed by atoms with E-state index in [1.165, 1.54) is 27.7 Å². The van der Waals surface area contributed by atoms with E-state index < -0.39 is 6.03 Å². The first-order chi connectivity index (χ1) is 13.5. The molecule has 0 aliphatic heterocycles. The lowest BCUT2D eigenvalue weighted by Crippen LogP contribution is -2.20. The largest absolute Gasteiger partial charge is 0.493 e. The fraction of sp³-hybridized carbons (Fsp3) is 0.222. The van der Waals surface area contributed by atoms with Crippen molar-refractivity contribution < 1.29 is 19.0 Å². The van der Waals surface area contributed by atoms with Crippen molar-refractivity contribution in [2.75, 3.05) is 32.0 Å². The predicted octanol–water partition coefficient (Wildman–Crippen LogP) is 2.64. The summed E-state index contributed by atoms with van der Waals surface area (Å²) < 4.78 is 17.6. The van der Waals surface area contributed by atoms with Crippen LogP contribution in [0.25, 0.3) is 5.82 Å². The third-order valence-corrected chi connectivity index (χ3v) is 3.89. The monoisotopic (exact) mass is 384 g/mol. The average molecular weight is 384 g/mol. The summed E-state index contributed by atoms with van der Waals surface area (Å²) in [7, 11) is 4.51. The van der Waals surface area contributed by atoms with Gasteiger partial charge >= 0.3 is 6.03 Å². The molecule has 0 atom stereocenters. The average Bonchev–Trinajstić information content (AvgIpc) is 3.13. The highest BCUT2D eigenvalue weighted by Gasteiger charge is 2.15. The molecule has 3 aromatic rings. The summed E-state index contributed by atoms with van der Waals surface area (Å²) in [6, 6.07) is 4.41. The molecule has 0 spiro atoms. The minimum Gasteiger partial charge on any atom is -0.493 e. The Morgan fingerprint density at radius 1 is 0.964 bits per heavy atom. The SMILES string of the molecule is COc1cc(NC(=O)Nc2cc(-n3ccnc3C)ncn2)cc(OC)c1OC. The van der Waals surface area contributed by atoms with E-state index in [0.29, 0.717) is 34.6 Å². The molecule has 0 aliphatic carbocycles. The van der Waals surface area contributed by atoms with Crippen molar-refractivity contribution in [1.29, 1.82) is 0 Å². The number of aromatic nitrogens is 4. The molecule has 10 heteroatoms. The van der Waals surface area contributed by atoms with E-state index in [2.05, 4.69) is 25.6 Å². The van der Waals surface area contributed by atoms with Crippen LogP contribution in [0.15, 0.2) is 36.9 Å². The van der Waals surface area contributed by atoms with Crippen LogP contribution < -0.4 is 24.8 Å². The van der Waals surface area contributed by atoms with Gasteiger partial charge in [0.2, 0.25) is 5.75 Å². The molecular formula is C18H20N6O4. The Morgan fingerprint density at radius 2 is 1.68 bits per heavy atom. The van der Waals surface area contributed by atoms with Gasteiger partial charge in [-0.1, -0.05) is 0 Å². The van der Waals surface area contributed by atoms with Gasteiger partial charge in [-0.25, -0.2) is 19.7 Å². The van der Waals surface area contributed by atoms with Crippen molar-refractivity contribution in [3.8, 4) is 23.1 Å². The van der Waals surface area contributed by atoms with Crippen molar-refractivity contribution >= 4 is 17.5 Å². The van der Waals surface area contributed by atoms with E-state index in [-0.39, 0.29) is 0 Å². The van der Waals surface area contributed by atoms with Crippen LogP contribution in [0.5, 0.6) is 17.2 Å². The molecule has 2 heterocycles. The number of hydrogen-bond acceptors (Lipinski definition) is 7. The van der Waals surface area contributed by atoms with Gasteiger partial charge in [0.25, 0.3) is 0 Å². The Kier molecular flexibility index (Phi) is 5.58. The summed E-state index contributed by atoms with van der Waals surface area (Å²) in [6.07, 6.45) is 4.81. The summed E-state index contributed by atoms with van der Waals surface area (Å²) in [5.74, 6) is 2.99. The molecule has 146 valence electrons. The second kappa shape index (κ2) is 8.25. The number of aryl methyl sites for hydroxylation is 1. The fourth-order valence-corrected chi connectivity index (χ4v) is 2.60. The Hall–Kier alpha value is -3.82. The van der Waals surface area contributed by atoms with Crippen LogP contribution in [0.3, 0.4) is 0 Å². The summed E-state index contributed by atoms with van der Waals surface area (Å²) in [5, 5.41) is 5.38. The molecule has 0 saturated carbocycles. The molecule has 2 aromatic heterocycles. The Morgan fingerprint density at radius 3 is 2.25 bits per heavy atom. The highest BCUT2D eigenvalue weighted by Crippen LogP contribution is 2.39. The van der Waals surface area contributed by atoms with Gasteiger partial charge in [0, 0.05) is 30.6 Å². The number of rotatable bonds is 6. The molecule has 3 rings (SSSR count). The summed E-state index contributed by atoms with van der Waals surface area (Å²) in [6.45, 7) is 1.85.